The number of ether oxygens (including phenoxy) is 2. The van der Waals surface area contributed by atoms with E-state index >= 15 is 0 Å². The summed E-state index contributed by atoms with van der Waals surface area (Å²) in [5.41, 5.74) is 6.58. The molecule has 0 atom stereocenters. The second-order valence-electron chi connectivity index (χ2n) is 4.08. The normalized spacial score (nSPS) is 10.2. The van der Waals surface area contributed by atoms with E-state index in [9.17, 15) is 4.79 Å². The molecule has 1 aromatic carbocycles. The van der Waals surface area contributed by atoms with E-state index in [0.717, 1.165) is 10.0 Å². The molecule has 2 aromatic rings. The smallest absolute Gasteiger partial charge is 0.248 e. The van der Waals surface area contributed by atoms with Gasteiger partial charge in [-0.25, -0.2) is 4.98 Å². The number of halogens is 1. The highest BCUT2D eigenvalue weighted by Gasteiger charge is 2.12. The maximum atomic E-state index is 11.1. The number of primary amides is 1. The average molecular weight is 337 g/mol. The van der Waals surface area contributed by atoms with Crippen molar-refractivity contribution in [1.82, 2.24) is 4.98 Å². The Kier molecular flexibility index (Phi) is 4.24. The number of aromatic nitrogens is 1. The van der Waals surface area contributed by atoms with Gasteiger partial charge in [0.1, 0.15) is 0 Å². The number of carbonyl (C=O) groups is 1. The Morgan fingerprint density at radius 3 is 2.70 bits per heavy atom. The predicted octanol–water partition coefficient (Wildman–Crippen LogP) is 3.05. The second-order valence-corrected chi connectivity index (χ2v) is 4.87. The van der Waals surface area contributed by atoms with Crippen molar-refractivity contribution in [3.63, 3.8) is 0 Å². The molecular formula is C14H13BrN2O3. The van der Waals surface area contributed by atoms with Gasteiger partial charge in [0.25, 0.3) is 0 Å². The molecule has 0 saturated carbocycles. The van der Waals surface area contributed by atoms with Crippen molar-refractivity contribution < 1.29 is 14.3 Å². The molecule has 2 rings (SSSR count). The van der Waals surface area contributed by atoms with Crippen LogP contribution in [0, 0.1) is 6.92 Å². The number of methoxy groups -OCH3 is 1. The summed E-state index contributed by atoms with van der Waals surface area (Å²) in [6, 6.07) is 6.59. The fraction of sp³-hybridized carbons (Fsp3) is 0.143. The molecule has 0 unspecified atom stereocenters. The van der Waals surface area contributed by atoms with Gasteiger partial charge in [-0.05, 0) is 52.7 Å². The van der Waals surface area contributed by atoms with Crippen molar-refractivity contribution in [2.45, 2.75) is 6.92 Å². The van der Waals surface area contributed by atoms with E-state index in [1.54, 1.807) is 18.3 Å². The Morgan fingerprint density at radius 1 is 1.30 bits per heavy atom. The van der Waals surface area contributed by atoms with Gasteiger partial charge in [-0.15, -0.1) is 0 Å². The summed E-state index contributed by atoms with van der Waals surface area (Å²) in [7, 11) is 1.49. The lowest BCUT2D eigenvalue weighted by Gasteiger charge is -2.12. The summed E-state index contributed by atoms with van der Waals surface area (Å²) in [5, 5.41) is 0. The first-order valence-corrected chi connectivity index (χ1v) is 6.59. The Bertz CT molecular complexity index is 659. The van der Waals surface area contributed by atoms with Gasteiger partial charge in [0.05, 0.1) is 11.6 Å². The zero-order valence-electron chi connectivity index (χ0n) is 11.0. The van der Waals surface area contributed by atoms with Crippen LogP contribution in [-0.4, -0.2) is 18.0 Å². The quantitative estimate of drug-likeness (QED) is 0.930. The lowest BCUT2D eigenvalue weighted by Crippen LogP contribution is -2.10. The van der Waals surface area contributed by atoms with Crippen LogP contribution in [0.4, 0.5) is 0 Å². The van der Waals surface area contributed by atoms with Crippen LogP contribution >= 0.6 is 15.9 Å². The molecule has 0 spiro atoms. The minimum absolute atomic E-state index is 0.352. The number of amides is 1. The van der Waals surface area contributed by atoms with Gasteiger partial charge in [-0.2, -0.15) is 0 Å². The van der Waals surface area contributed by atoms with E-state index < -0.39 is 5.91 Å². The number of hydrogen-bond acceptors (Lipinski definition) is 4. The predicted molar refractivity (Wildman–Crippen MR) is 78.3 cm³/mol. The maximum Gasteiger partial charge on any atom is 0.248 e. The first-order valence-electron chi connectivity index (χ1n) is 5.79. The van der Waals surface area contributed by atoms with Crippen LogP contribution in [0.1, 0.15) is 15.9 Å². The number of hydrogen-bond donors (Lipinski definition) is 1. The number of nitrogens with zero attached hydrogens (tertiary/aromatic N) is 1. The first-order chi connectivity index (χ1) is 9.52. The Balaban J connectivity index is 2.38. The SMILES string of the molecule is COc1cc(C(N)=O)ccc1Oc1nccc(C)c1Br. The van der Waals surface area contributed by atoms with Crippen molar-refractivity contribution >= 4 is 21.8 Å². The molecule has 0 fully saturated rings. The molecule has 0 bridgehead atoms. The van der Waals surface area contributed by atoms with Crippen molar-refractivity contribution in [2.24, 2.45) is 5.73 Å². The van der Waals surface area contributed by atoms with E-state index in [-0.39, 0.29) is 0 Å². The average Bonchev–Trinajstić information content (AvgIpc) is 2.44. The molecule has 1 heterocycles. The van der Waals surface area contributed by atoms with Gasteiger partial charge in [-0.1, -0.05) is 0 Å². The summed E-state index contributed by atoms with van der Waals surface area (Å²) >= 11 is 3.42. The third kappa shape index (κ3) is 2.91. The maximum absolute atomic E-state index is 11.1. The van der Waals surface area contributed by atoms with E-state index in [4.69, 9.17) is 15.2 Å². The highest BCUT2D eigenvalue weighted by molar-refractivity contribution is 9.10. The molecule has 0 aliphatic rings. The molecule has 20 heavy (non-hydrogen) atoms. The molecule has 1 amide bonds. The second kappa shape index (κ2) is 5.92. The number of benzene rings is 1. The van der Waals surface area contributed by atoms with Gasteiger partial charge >= 0.3 is 0 Å². The number of carbonyl (C=O) groups excluding carboxylic acids is 1. The summed E-state index contributed by atoms with van der Waals surface area (Å²) in [6.45, 7) is 1.94. The molecule has 2 N–H and O–H groups in total. The highest BCUT2D eigenvalue weighted by Crippen LogP contribution is 2.35. The molecule has 6 heteroatoms. The van der Waals surface area contributed by atoms with E-state index in [1.807, 2.05) is 13.0 Å². The van der Waals surface area contributed by atoms with Crippen LogP contribution < -0.4 is 15.2 Å². The Labute approximate surface area is 124 Å². The lowest BCUT2D eigenvalue weighted by molar-refractivity contribution is 0.1000. The molecule has 1 aromatic heterocycles. The number of nitrogens with two attached hydrogens (primary N) is 1. The molecule has 5 nitrogen and oxygen atoms in total. The van der Waals surface area contributed by atoms with Gasteiger partial charge < -0.3 is 15.2 Å². The van der Waals surface area contributed by atoms with Gasteiger partial charge in [0.2, 0.25) is 11.8 Å². The van der Waals surface area contributed by atoms with Gasteiger partial charge in [-0.3, -0.25) is 4.79 Å². The van der Waals surface area contributed by atoms with Gasteiger partial charge in [0.15, 0.2) is 11.5 Å². The topological polar surface area (TPSA) is 74.4 Å². The van der Waals surface area contributed by atoms with Crippen molar-refractivity contribution in [3.05, 3.63) is 46.1 Å². The highest BCUT2D eigenvalue weighted by atomic mass is 79.9. The molecular weight excluding hydrogens is 324 g/mol. The molecule has 104 valence electrons. The fourth-order valence-corrected chi connectivity index (χ4v) is 1.91. The fourth-order valence-electron chi connectivity index (χ4n) is 1.60. The van der Waals surface area contributed by atoms with Crippen LogP contribution in [0.3, 0.4) is 0 Å². The largest absolute Gasteiger partial charge is 0.493 e. The summed E-state index contributed by atoms with van der Waals surface area (Å²) < 4.78 is 11.7. The minimum atomic E-state index is -0.523. The Morgan fingerprint density at radius 2 is 2.05 bits per heavy atom. The van der Waals surface area contributed by atoms with Crippen LogP contribution in [0.25, 0.3) is 0 Å². The Hall–Kier alpha value is -2.08. The number of aryl methyl sites for hydroxylation is 1. The lowest BCUT2D eigenvalue weighted by atomic mass is 10.2. The zero-order valence-corrected chi connectivity index (χ0v) is 12.6. The third-order valence-corrected chi connectivity index (χ3v) is 3.67. The van der Waals surface area contributed by atoms with Crippen LogP contribution in [-0.2, 0) is 0 Å². The van der Waals surface area contributed by atoms with E-state index in [2.05, 4.69) is 20.9 Å². The molecule has 0 saturated heterocycles. The molecule has 0 radical (unpaired) electrons. The van der Waals surface area contributed by atoms with E-state index in [0.29, 0.717) is 22.9 Å². The summed E-state index contributed by atoms with van der Waals surface area (Å²) in [4.78, 5) is 15.3. The van der Waals surface area contributed by atoms with Crippen molar-refractivity contribution in [3.8, 4) is 17.4 Å². The van der Waals surface area contributed by atoms with E-state index in [1.165, 1.54) is 13.2 Å². The number of rotatable bonds is 4. The summed E-state index contributed by atoms with van der Waals surface area (Å²) in [5.74, 6) is 0.771. The minimum Gasteiger partial charge on any atom is -0.493 e. The van der Waals surface area contributed by atoms with Crippen molar-refractivity contribution in [2.75, 3.05) is 7.11 Å². The standard InChI is InChI=1S/C14H13BrN2O3/c1-8-5-6-17-14(12(8)15)20-10-4-3-9(13(16)18)7-11(10)19-2/h3-7H,1-2H3,(H2,16,18). The monoisotopic (exact) mass is 336 g/mol. The first kappa shape index (κ1) is 14.3. The van der Waals surface area contributed by atoms with Crippen LogP contribution in [0.5, 0.6) is 17.4 Å². The third-order valence-electron chi connectivity index (χ3n) is 2.71. The van der Waals surface area contributed by atoms with Gasteiger partial charge in [0, 0.05) is 11.8 Å². The molecule has 0 aliphatic heterocycles. The zero-order chi connectivity index (χ0) is 14.7. The van der Waals surface area contributed by atoms with Crippen LogP contribution in [0.15, 0.2) is 34.9 Å². The van der Waals surface area contributed by atoms with Crippen molar-refractivity contribution in [1.29, 1.82) is 0 Å². The van der Waals surface area contributed by atoms with Crippen LogP contribution in [0.2, 0.25) is 0 Å². The molecule has 0 aliphatic carbocycles. The number of pyridine rings is 1. The summed E-state index contributed by atoms with van der Waals surface area (Å²) in [6.07, 6.45) is 1.65.